The fourth-order valence-corrected chi connectivity index (χ4v) is 0.984. The second-order valence-electron chi connectivity index (χ2n) is 2.60. The van der Waals surface area contributed by atoms with Crippen LogP contribution >= 0.6 is 0 Å². The molecule has 0 aliphatic rings. The summed E-state index contributed by atoms with van der Waals surface area (Å²) in [7, 11) is -4.16. The summed E-state index contributed by atoms with van der Waals surface area (Å²) in [6.45, 7) is 4.55. The summed E-state index contributed by atoms with van der Waals surface area (Å²) in [6, 6.07) is 0. The van der Waals surface area contributed by atoms with E-state index in [1.54, 1.807) is 6.92 Å². The van der Waals surface area contributed by atoms with Crippen molar-refractivity contribution in [3.63, 3.8) is 0 Å². The predicted octanol–water partition coefficient (Wildman–Crippen LogP) is -0.0268. The molecule has 0 saturated heterocycles. The third-order valence-electron chi connectivity index (χ3n) is 1.29. The van der Waals surface area contributed by atoms with Gasteiger partial charge in [-0.05, 0) is 13.8 Å². The lowest BCUT2D eigenvalue weighted by Gasteiger charge is -2.13. The maximum absolute atomic E-state index is 10.2. The molecule has 0 radical (unpaired) electrons. The maximum Gasteiger partial charge on any atom is 0.0968 e. The molecule has 0 rings (SSSR count). The van der Waals surface area contributed by atoms with Crippen LogP contribution in [0.1, 0.15) is 13.8 Å². The summed E-state index contributed by atoms with van der Waals surface area (Å²) >= 11 is 0. The lowest BCUT2D eigenvalue weighted by Crippen LogP contribution is -2.20. The van der Waals surface area contributed by atoms with Gasteiger partial charge in [-0.15, -0.1) is 0 Å². The SMILES string of the molecule is CCOCC(C)OCCS(=O)(=O)[O-]. The second-order valence-corrected chi connectivity index (χ2v) is 4.13. The topological polar surface area (TPSA) is 75.7 Å². The van der Waals surface area contributed by atoms with Crippen LogP contribution in [0.2, 0.25) is 0 Å². The fourth-order valence-electron chi connectivity index (χ4n) is 0.683. The van der Waals surface area contributed by atoms with E-state index in [2.05, 4.69) is 0 Å². The molecule has 0 aromatic heterocycles. The molecule has 0 fully saturated rings. The highest BCUT2D eigenvalue weighted by Gasteiger charge is 2.02. The Morgan fingerprint density at radius 3 is 2.54 bits per heavy atom. The lowest BCUT2D eigenvalue weighted by atomic mass is 10.4. The molecule has 0 bridgehead atoms. The highest BCUT2D eigenvalue weighted by atomic mass is 32.2. The third-order valence-corrected chi connectivity index (χ3v) is 1.96. The molecule has 1 unspecified atom stereocenters. The summed E-state index contributed by atoms with van der Waals surface area (Å²) < 4.78 is 40.5. The van der Waals surface area contributed by atoms with Gasteiger partial charge in [-0.1, -0.05) is 0 Å². The van der Waals surface area contributed by atoms with E-state index in [1.807, 2.05) is 6.92 Å². The molecule has 6 heteroatoms. The van der Waals surface area contributed by atoms with E-state index in [0.717, 1.165) is 0 Å². The monoisotopic (exact) mass is 211 g/mol. The molecule has 0 aliphatic heterocycles. The average Bonchev–Trinajstić information content (AvgIpc) is 1.98. The van der Waals surface area contributed by atoms with Crippen LogP contribution in [0, 0.1) is 0 Å². The smallest absolute Gasteiger partial charge is 0.0968 e. The number of hydrogen-bond acceptors (Lipinski definition) is 5. The van der Waals surface area contributed by atoms with Crippen molar-refractivity contribution in [2.24, 2.45) is 0 Å². The molecule has 13 heavy (non-hydrogen) atoms. The Hall–Kier alpha value is -0.170. The lowest BCUT2D eigenvalue weighted by molar-refractivity contribution is 0.00259. The van der Waals surface area contributed by atoms with Crippen LogP contribution in [0.25, 0.3) is 0 Å². The summed E-state index contributed by atoms with van der Waals surface area (Å²) in [5.41, 5.74) is 0. The van der Waals surface area contributed by atoms with E-state index >= 15 is 0 Å². The molecule has 0 spiro atoms. The predicted molar refractivity (Wildman–Crippen MR) is 46.5 cm³/mol. The van der Waals surface area contributed by atoms with E-state index in [9.17, 15) is 13.0 Å². The summed E-state index contributed by atoms with van der Waals surface area (Å²) in [4.78, 5) is 0. The Morgan fingerprint density at radius 1 is 1.46 bits per heavy atom. The first-order valence-electron chi connectivity index (χ1n) is 4.08. The van der Waals surface area contributed by atoms with Crippen LogP contribution in [0.4, 0.5) is 0 Å². The van der Waals surface area contributed by atoms with E-state index in [0.29, 0.717) is 13.2 Å². The molecular formula is C7H15O5S-. The first-order valence-corrected chi connectivity index (χ1v) is 5.66. The van der Waals surface area contributed by atoms with Crippen molar-refractivity contribution in [1.82, 2.24) is 0 Å². The Morgan fingerprint density at radius 2 is 2.08 bits per heavy atom. The van der Waals surface area contributed by atoms with Crippen LogP contribution in [-0.4, -0.2) is 44.6 Å². The normalized spacial score (nSPS) is 14.4. The van der Waals surface area contributed by atoms with Gasteiger partial charge in [0.25, 0.3) is 0 Å². The van der Waals surface area contributed by atoms with Crippen LogP contribution < -0.4 is 0 Å². The van der Waals surface area contributed by atoms with Crippen molar-refractivity contribution < 1.29 is 22.4 Å². The maximum atomic E-state index is 10.2. The summed E-state index contributed by atoms with van der Waals surface area (Å²) in [6.07, 6.45) is -0.179. The zero-order chi connectivity index (χ0) is 10.3. The van der Waals surface area contributed by atoms with Crippen LogP contribution in [-0.2, 0) is 19.6 Å². The van der Waals surface area contributed by atoms with Gasteiger partial charge in [0, 0.05) is 6.61 Å². The second kappa shape index (κ2) is 6.31. The minimum Gasteiger partial charge on any atom is -0.748 e. The highest BCUT2D eigenvalue weighted by molar-refractivity contribution is 7.85. The molecule has 80 valence electrons. The Bertz CT molecular complexity index is 211. The van der Waals surface area contributed by atoms with Crippen molar-refractivity contribution >= 4 is 10.1 Å². The molecule has 0 aliphatic carbocycles. The zero-order valence-corrected chi connectivity index (χ0v) is 8.67. The Kier molecular flexibility index (Phi) is 6.23. The van der Waals surface area contributed by atoms with E-state index in [4.69, 9.17) is 9.47 Å². The first-order chi connectivity index (χ1) is 5.95. The van der Waals surface area contributed by atoms with Crippen molar-refractivity contribution in [3.05, 3.63) is 0 Å². The first kappa shape index (κ1) is 12.8. The standard InChI is InChI=1S/C7H16O5S/c1-3-11-6-7(2)12-4-5-13(8,9)10/h7H,3-6H2,1-2H3,(H,8,9,10)/p-1. The molecular weight excluding hydrogens is 196 g/mol. The largest absolute Gasteiger partial charge is 0.748 e. The molecule has 1 atom stereocenters. The third kappa shape index (κ3) is 9.75. The highest BCUT2D eigenvalue weighted by Crippen LogP contribution is 1.93. The molecule has 0 N–H and O–H groups in total. The van der Waals surface area contributed by atoms with Crippen LogP contribution in [0.15, 0.2) is 0 Å². The van der Waals surface area contributed by atoms with Crippen LogP contribution in [0.3, 0.4) is 0 Å². The quantitative estimate of drug-likeness (QED) is 0.553. The van der Waals surface area contributed by atoms with Gasteiger partial charge in [0.1, 0.15) is 0 Å². The zero-order valence-electron chi connectivity index (χ0n) is 7.86. The number of hydrogen-bond donors (Lipinski definition) is 0. The van der Waals surface area contributed by atoms with Gasteiger partial charge in [-0.2, -0.15) is 0 Å². The van der Waals surface area contributed by atoms with E-state index < -0.39 is 15.9 Å². The fraction of sp³-hybridized carbons (Fsp3) is 1.00. The van der Waals surface area contributed by atoms with Gasteiger partial charge in [0.2, 0.25) is 0 Å². The Balaban J connectivity index is 3.42. The molecule has 0 heterocycles. The minimum atomic E-state index is -4.16. The number of rotatable bonds is 7. The van der Waals surface area contributed by atoms with Gasteiger partial charge in [-0.25, -0.2) is 8.42 Å². The van der Waals surface area contributed by atoms with Crippen LogP contribution in [0.5, 0.6) is 0 Å². The summed E-state index contributed by atoms with van der Waals surface area (Å²) in [5.74, 6) is -0.483. The summed E-state index contributed by atoms with van der Waals surface area (Å²) in [5, 5.41) is 0. The molecule has 0 amide bonds. The van der Waals surface area contributed by atoms with Gasteiger partial charge >= 0.3 is 0 Å². The van der Waals surface area contributed by atoms with Crippen molar-refractivity contribution in [1.29, 1.82) is 0 Å². The minimum absolute atomic E-state index is 0.0694. The van der Waals surface area contributed by atoms with Crippen molar-refractivity contribution in [2.75, 3.05) is 25.6 Å². The molecule has 0 saturated carbocycles. The molecule has 0 aromatic rings. The number of ether oxygens (including phenoxy) is 2. The van der Waals surface area contributed by atoms with Gasteiger partial charge in [-0.3, -0.25) is 0 Å². The molecule has 0 aromatic carbocycles. The van der Waals surface area contributed by atoms with E-state index in [-0.39, 0.29) is 12.7 Å². The van der Waals surface area contributed by atoms with Gasteiger partial charge < -0.3 is 14.0 Å². The van der Waals surface area contributed by atoms with Crippen molar-refractivity contribution in [2.45, 2.75) is 20.0 Å². The Labute approximate surface area is 78.8 Å². The van der Waals surface area contributed by atoms with Gasteiger partial charge in [0.15, 0.2) is 0 Å². The van der Waals surface area contributed by atoms with E-state index in [1.165, 1.54) is 0 Å². The van der Waals surface area contributed by atoms with Gasteiger partial charge in [0.05, 0.1) is 35.2 Å². The molecule has 5 nitrogen and oxygen atoms in total. The van der Waals surface area contributed by atoms with Crippen molar-refractivity contribution in [3.8, 4) is 0 Å². The average molecular weight is 211 g/mol.